The van der Waals surface area contributed by atoms with Gasteiger partial charge in [-0.1, -0.05) is 12.8 Å². The first-order valence-electron chi connectivity index (χ1n) is 6.41. The van der Waals surface area contributed by atoms with Gasteiger partial charge in [0, 0.05) is 17.3 Å². The zero-order valence-corrected chi connectivity index (χ0v) is 9.10. The van der Waals surface area contributed by atoms with Crippen molar-refractivity contribution in [1.82, 2.24) is 0 Å². The third-order valence-corrected chi connectivity index (χ3v) is 5.20. The molecule has 3 rings (SSSR count). The summed E-state index contributed by atoms with van der Waals surface area (Å²) in [5, 5.41) is 11.0. The van der Waals surface area contributed by atoms with Crippen LogP contribution in [0.2, 0.25) is 0 Å². The molecule has 0 heterocycles. The van der Waals surface area contributed by atoms with Gasteiger partial charge in [0.05, 0.1) is 0 Å². The van der Waals surface area contributed by atoms with Crippen LogP contribution >= 0.6 is 0 Å². The van der Waals surface area contributed by atoms with Crippen molar-refractivity contribution in [3.8, 4) is 0 Å². The van der Waals surface area contributed by atoms with Crippen molar-refractivity contribution in [2.75, 3.05) is 0 Å². The summed E-state index contributed by atoms with van der Waals surface area (Å²) in [6.45, 7) is 0. The minimum Gasteiger partial charge on any atom is -0.264 e. The molecule has 0 radical (unpaired) electrons. The highest BCUT2D eigenvalue weighted by Crippen LogP contribution is 2.54. The fourth-order valence-electron chi connectivity index (χ4n) is 4.69. The molecule has 0 saturated heterocycles. The third-order valence-electron chi connectivity index (χ3n) is 5.20. The van der Waals surface area contributed by atoms with Gasteiger partial charge in [-0.25, -0.2) is 0 Å². The van der Waals surface area contributed by atoms with Gasteiger partial charge in [-0.3, -0.25) is 10.1 Å². The van der Waals surface area contributed by atoms with Crippen LogP contribution in [0.3, 0.4) is 0 Å². The van der Waals surface area contributed by atoms with Crippen LogP contribution < -0.4 is 0 Å². The van der Waals surface area contributed by atoms with Crippen molar-refractivity contribution < 1.29 is 4.92 Å². The minimum atomic E-state index is -0.202. The molecule has 0 amide bonds. The molecular weight excluding hydrogens is 190 g/mol. The summed E-state index contributed by atoms with van der Waals surface area (Å²) in [7, 11) is 0. The Morgan fingerprint density at radius 3 is 2.33 bits per heavy atom. The van der Waals surface area contributed by atoms with Crippen LogP contribution in [-0.2, 0) is 0 Å². The summed E-state index contributed by atoms with van der Waals surface area (Å²) in [5.41, 5.74) is 0. The Labute approximate surface area is 90.4 Å². The van der Waals surface area contributed by atoms with Gasteiger partial charge in [-0.15, -0.1) is 0 Å². The van der Waals surface area contributed by atoms with E-state index >= 15 is 0 Å². The maximum atomic E-state index is 11.0. The van der Waals surface area contributed by atoms with E-state index < -0.39 is 0 Å². The lowest BCUT2D eigenvalue weighted by atomic mass is 9.63. The molecule has 0 aromatic rings. The topological polar surface area (TPSA) is 43.1 Å². The number of rotatable bonds is 1. The Morgan fingerprint density at radius 2 is 1.60 bits per heavy atom. The molecule has 3 heteroatoms. The highest BCUT2D eigenvalue weighted by Gasteiger charge is 2.52. The first kappa shape index (κ1) is 9.61. The zero-order valence-electron chi connectivity index (χ0n) is 9.10. The summed E-state index contributed by atoms with van der Waals surface area (Å²) in [6.07, 6.45) is 8.41. The molecule has 3 saturated carbocycles. The van der Waals surface area contributed by atoms with Gasteiger partial charge in [-0.05, 0) is 43.4 Å². The monoisotopic (exact) mass is 209 g/mol. The predicted octanol–water partition coefficient (Wildman–Crippen LogP) is 2.87. The fourth-order valence-corrected chi connectivity index (χ4v) is 4.69. The van der Waals surface area contributed by atoms with Gasteiger partial charge in [0.2, 0.25) is 6.04 Å². The summed E-state index contributed by atoms with van der Waals surface area (Å²) in [4.78, 5) is 11.1. The summed E-state index contributed by atoms with van der Waals surface area (Å²) in [6, 6.07) is -0.202. The molecule has 0 spiro atoms. The van der Waals surface area contributed by atoms with Gasteiger partial charge < -0.3 is 0 Å². The molecule has 0 aliphatic heterocycles. The molecule has 3 nitrogen and oxygen atoms in total. The number of nitrogens with zero attached hydrogens (tertiary/aromatic N) is 1. The normalized spacial score (nSPS) is 48.7. The van der Waals surface area contributed by atoms with Gasteiger partial charge in [0.25, 0.3) is 0 Å². The summed E-state index contributed by atoms with van der Waals surface area (Å²) in [5.74, 6) is 2.84. The minimum absolute atomic E-state index is 0.0155. The second-order valence-electron chi connectivity index (χ2n) is 5.70. The second kappa shape index (κ2) is 3.46. The van der Waals surface area contributed by atoms with Crippen LogP contribution in [0.15, 0.2) is 0 Å². The van der Waals surface area contributed by atoms with Crippen molar-refractivity contribution in [3.63, 3.8) is 0 Å². The van der Waals surface area contributed by atoms with Crippen LogP contribution in [-0.4, -0.2) is 11.0 Å². The van der Waals surface area contributed by atoms with Crippen molar-refractivity contribution >= 4 is 0 Å². The summed E-state index contributed by atoms with van der Waals surface area (Å²) >= 11 is 0. The summed E-state index contributed by atoms with van der Waals surface area (Å²) < 4.78 is 0. The lowest BCUT2D eigenvalue weighted by Crippen LogP contribution is -2.44. The smallest absolute Gasteiger partial charge is 0.216 e. The van der Waals surface area contributed by atoms with E-state index in [0.29, 0.717) is 5.92 Å². The van der Waals surface area contributed by atoms with Crippen LogP contribution in [0.4, 0.5) is 0 Å². The van der Waals surface area contributed by atoms with Gasteiger partial charge in [-0.2, -0.15) is 0 Å². The SMILES string of the molecule is O=[N+]([O-])[C@@H]1CC[C@H]2CC[C@H]3CCC[C@@H]1[C@H]32. The molecule has 0 aromatic carbocycles. The number of hydrogen-bond acceptors (Lipinski definition) is 2. The first-order chi connectivity index (χ1) is 7.27. The van der Waals surface area contributed by atoms with E-state index in [1.54, 1.807) is 0 Å². The number of nitro groups is 1. The Kier molecular flexibility index (Phi) is 2.22. The highest BCUT2D eigenvalue weighted by atomic mass is 16.6. The van der Waals surface area contributed by atoms with E-state index in [-0.39, 0.29) is 11.0 Å². The van der Waals surface area contributed by atoms with Crippen molar-refractivity contribution in [2.24, 2.45) is 23.7 Å². The van der Waals surface area contributed by atoms with E-state index in [0.717, 1.165) is 37.0 Å². The molecule has 84 valence electrons. The fraction of sp³-hybridized carbons (Fsp3) is 1.00. The lowest BCUT2D eigenvalue weighted by Gasteiger charge is -2.41. The molecular formula is C12H19NO2. The molecule has 0 unspecified atom stereocenters. The van der Waals surface area contributed by atoms with Crippen LogP contribution in [0.5, 0.6) is 0 Å². The predicted molar refractivity (Wildman–Crippen MR) is 57.1 cm³/mol. The third kappa shape index (κ3) is 1.39. The van der Waals surface area contributed by atoms with E-state index in [2.05, 4.69) is 0 Å². The maximum absolute atomic E-state index is 11.0. The van der Waals surface area contributed by atoms with E-state index in [1.807, 2.05) is 0 Å². The molecule has 0 N–H and O–H groups in total. The van der Waals surface area contributed by atoms with E-state index in [9.17, 15) is 10.1 Å². The van der Waals surface area contributed by atoms with Gasteiger partial charge in [0.15, 0.2) is 0 Å². The van der Waals surface area contributed by atoms with E-state index in [4.69, 9.17) is 0 Å². The Hall–Kier alpha value is -0.600. The number of hydrogen-bond donors (Lipinski definition) is 0. The average Bonchev–Trinajstić information content (AvgIpc) is 2.64. The Bertz CT molecular complexity index is 273. The van der Waals surface area contributed by atoms with Crippen molar-refractivity contribution in [1.29, 1.82) is 0 Å². The molecule has 3 fully saturated rings. The first-order valence-corrected chi connectivity index (χ1v) is 6.41. The molecule has 0 aromatic heterocycles. The zero-order chi connectivity index (χ0) is 10.4. The maximum Gasteiger partial charge on any atom is 0.216 e. The van der Waals surface area contributed by atoms with Crippen molar-refractivity contribution in [2.45, 2.75) is 51.0 Å². The van der Waals surface area contributed by atoms with E-state index in [1.165, 1.54) is 25.7 Å². The van der Waals surface area contributed by atoms with Crippen LogP contribution in [0, 0.1) is 33.8 Å². The molecule has 15 heavy (non-hydrogen) atoms. The quantitative estimate of drug-likeness (QED) is 0.492. The second-order valence-corrected chi connectivity index (χ2v) is 5.70. The Morgan fingerprint density at radius 1 is 0.933 bits per heavy atom. The molecule has 3 aliphatic carbocycles. The largest absolute Gasteiger partial charge is 0.264 e. The van der Waals surface area contributed by atoms with Crippen LogP contribution in [0.25, 0.3) is 0 Å². The molecule has 0 bridgehead atoms. The molecule has 3 aliphatic rings. The van der Waals surface area contributed by atoms with Crippen molar-refractivity contribution in [3.05, 3.63) is 10.1 Å². The molecule has 5 atom stereocenters. The van der Waals surface area contributed by atoms with Gasteiger partial charge >= 0.3 is 0 Å². The van der Waals surface area contributed by atoms with Gasteiger partial charge in [0.1, 0.15) is 0 Å². The Balaban J connectivity index is 1.86. The highest BCUT2D eigenvalue weighted by molar-refractivity contribution is 4.97. The standard InChI is InChI=1S/C12H19NO2/c14-13(15)11-7-6-9-5-4-8-2-1-3-10(11)12(8)9/h8-12H,1-7H2/t8-,9-,10+,11-,12-/m1/s1. The average molecular weight is 209 g/mol. The van der Waals surface area contributed by atoms with Crippen LogP contribution in [0.1, 0.15) is 44.9 Å². The lowest BCUT2D eigenvalue weighted by molar-refractivity contribution is -0.540.